The molecule has 1 amide bonds. The lowest BCUT2D eigenvalue weighted by Crippen LogP contribution is -2.39. The van der Waals surface area contributed by atoms with Crippen LogP contribution in [-0.4, -0.2) is 47.7 Å². The van der Waals surface area contributed by atoms with E-state index in [1.165, 1.54) is 19.3 Å². The summed E-state index contributed by atoms with van der Waals surface area (Å²) in [5.41, 5.74) is 3.50. The predicted molar refractivity (Wildman–Crippen MR) is 121 cm³/mol. The highest BCUT2D eigenvalue weighted by Crippen LogP contribution is 2.33. The van der Waals surface area contributed by atoms with Crippen molar-refractivity contribution in [3.8, 4) is 28.3 Å². The predicted octanol–water partition coefficient (Wildman–Crippen LogP) is 4.96. The Balaban J connectivity index is 1.64. The SMILES string of the molecule is COc1ccc(-c2cccc(-n3cncc3C(=O)N(C)C3CCCCC3)c2)cc1OC. The molecule has 0 saturated heterocycles. The molecule has 4 rings (SSSR count). The van der Waals surface area contributed by atoms with Gasteiger partial charge in [-0.25, -0.2) is 4.98 Å². The monoisotopic (exact) mass is 419 g/mol. The molecule has 1 fully saturated rings. The first-order valence-electron chi connectivity index (χ1n) is 10.7. The number of benzene rings is 2. The Morgan fingerprint density at radius 1 is 1.00 bits per heavy atom. The van der Waals surface area contributed by atoms with E-state index in [1.54, 1.807) is 26.7 Å². The van der Waals surface area contributed by atoms with Crippen molar-refractivity contribution in [2.24, 2.45) is 0 Å². The number of hydrogen-bond acceptors (Lipinski definition) is 4. The molecule has 1 saturated carbocycles. The van der Waals surface area contributed by atoms with Gasteiger partial charge < -0.3 is 14.4 Å². The fourth-order valence-electron chi connectivity index (χ4n) is 4.32. The Labute approximate surface area is 183 Å². The van der Waals surface area contributed by atoms with Gasteiger partial charge in [0.2, 0.25) is 0 Å². The van der Waals surface area contributed by atoms with E-state index in [-0.39, 0.29) is 5.91 Å². The minimum absolute atomic E-state index is 0.0147. The smallest absolute Gasteiger partial charge is 0.272 e. The number of ether oxygens (including phenoxy) is 2. The maximum Gasteiger partial charge on any atom is 0.272 e. The molecule has 0 N–H and O–H groups in total. The quantitative estimate of drug-likeness (QED) is 0.567. The van der Waals surface area contributed by atoms with E-state index >= 15 is 0 Å². The van der Waals surface area contributed by atoms with Crippen LogP contribution in [0.3, 0.4) is 0 Å². The van der Waals surface area contributed by atoms with E-state index < -0.39 is 0 Å². The average molecular weight is 420 g/mol. The molecule has 1 aliphatic rings. The number of carbonyl (C=O) groups is 1. The molecular weight excluding hydrogens is 390 g/mol. The molecule has 0 aliphatic heterocycles. The average Bonchev–Trinajstić information content (AvgIpc) is 3.33. The van der Waals surface area contributed by atoms with Gasteiger partial charge in [-0.05, 0) is 48.2 Å². The zero-order valence-corrected chi connectivity index (χ0v) is 18.4. The lowest BCUT2D eigenvalue weighted by Gasteiger charge is -2.31. The van der Waals surface area contributed by atoms with Crippen LogP contribution in [0.1, 0.15) is 42.6 Å². The van der Waals surface area contributed by atoms with Gasteiger partial charge in [-0.1, -0.05) is 37.5 Å². The van der Waals surface area contributed by atoms with Crippen molar-refractivity contribution in [1.29, 1.82) is 0 Å². The zero-order chi connectivity index (χ0) is 21.8. The van der Waals surface area contributed by atoms with Crippen LogP contribution in [0.5, 0.6) is 11.5 Å². The van der Waals surface area contributed by atoms with Gasteiger partial charge in [0.25, 0.3) is 5.91 Å². The van der Waals surface area contributed by atoms with Crippen LogP contribution in [0, 0.1) is 0 Å². The molecule has 3 aromatic rings. The van der Waals surface area contributed by atoms with E-state index in [1.807, 2.05) is 52.9 Å². The molecule has 0 spiro atoms. The largest absolute Gasteiger partial charge is 0.493 e. The van der Waals surface area contributed by atoms with Gasteiger partial charge in [-0.3, -0.25) is 9.36 Å². The number of rotatable bonds is 6. The van der Waals surface area contributed by atoms with Gasteiger partial charge in [-0.15, -0.1) is 0 Å². The lowest BCUT2D eigenvalue weighted by atomic mass is 9.94. The maximum absolute atomic E-state index is 13.2. The summed E-state index contributed by atoms with van der Waals surface area (Å²) < 4.78 is 12.7. The lowest BCUT2D eigenvalue weighted by molar-refractivity contribution is 0.0688. The Kier molecular flexibility index (Phi) is 6.26. The zero-order valence-electron chi connectivity index (χ0n) is 18.4. The van der Waals surface area contributed by atoms with Crippen LogP contribution in [-0.2, 0) is 0 Å². The van der Waals surface area contributed by atoms with E-state index in [0.717, 1.165) is 29.7 Å². The summed E-state index contributed by atoms with van der Waals surface area (Å²) in [5, 5.41) is 0. The summed E-state index contributed by atoms with van der Waals surface area (Å²) in [6, 6.07) is 14.2. The summed E-state index contributed by atoms with van der Waals surface area (Å²) in [6.07, 6.45) is 9.15. The van der Waals surface area contributed by atoms with Crippen LogP contribution < -0.4 is 9.47 Å². The van der Waals surface area contributed by atoms with Crippen molar-refractivity contribution in [1.82, 2.24) is 14.5 Å². The highest BCUT2D eigenvalue weighted by molar-refractivity contribution is 5.93. The Morgan fingerprint density at radius 3 is 2.48 bits per heavy atom. The number of imidazole rings is 1. The second kappa shape index (κ2) is 9.25. The summed E-state index contributed by atoms with van der Waals surface area (Å²) in [7, 11) is 5.17. The molecule has 162 valence electrons. The van der Waals surface area contributed by atoms with Gasteiger partial charge in [0, 0.05) is 18.8 Å². The molecule has 0 unspecified atom stereocenters. The molecule has 1 heterocycles. The van der Waals surface area contributed by atoms with Gasteiger partial charge in [0.05, 0.1) is 26.7 Å². The van der Waals surface area contributed by atoms with Gasteiger partial charge in [-0.2, -0.15) is 0 Å². The number of carbonyl (C=O) groups excluding carboxylic acids is 1. The molecule has 1 aromatic heterocycles. The molecule has 6 heteroatoms. The van der Waals surface area contributed by atoms with E-state index in [2.05, 4.69) is 11.1 Å². The minimum Gasteiger partial charge on any atom is -0.493 e. The summed E-state index contributed by atoms with van der Waals surface area (Å²) in [5.74, 6) is 1.38. The van der Waals surface area contributed by atoms with Crippen molar-refractivity contribution < 1.29 is 14.3 Å². The van der Waals surface area contributed by atoms with E-state index in [4.69, 9.17) is 9.47 Å². The van der Waals surface area contributed by atoms with Gasteiger partial charge in [0.1, 0.15) is 5.69 Å². The van der Waals surface area contributed by atoms with Crippen molar-refractivity contribution in [3.63, 3.8) is 0 Å². The van der Waals surface area contributed by atoms with Crippen LogP contribution in [0.25, 0.3) is 16.8 Å². The number of amides is 1. The third-order valence-electron chi connectivity index (χ3n) is 6.14. The van der Waals surface area contributed by atoms with Crippen molar-refractivity contribution in [2.45, 2.75) is 38.1 Å². The third-order valence-corrected chi connectivity index (χ3v) is 6.14. The van der Waals surface area contributed by atoms with Crippen molar-refractivity contribution in [3.05, 3.63) is 60.7 Å². The third kappa shape index (κ3) is 4.29. The number of methoxy groups -OCH3 is 2. The summed E-state index contributed by atoms with van der Waals surface area (Å²) in [4.78, 5) is 19.4. The second-order valence-corrected chi connectivity index (χ2v) is 7.98. The molecule has 6 nitrogen and oxygen atoms in total. The normalized spacial score (nSPS) is 14.3. The van der Waals surface area contributed by atoms with Gasteiger partial charge >= 0.3 is 0 Å². The standard InChI is InChI=1S/C25H29N3O3/c1-27(20-9-5-4-6-10-20)25(29)22-16-26-17-28(22)21-11-7-8-18(14-21)19-12-13-23(30-2)24(15-19)31-3/h7-8,11-17,20H,4-6,9-10H2,1-3H3. The number of aromatic nitrogens is 2. The number of hydrogen-bond donors (Lipinski definition) is 0. The summed E-state index contributed by atoms with van der Waals surface area (Å²) >= 11 is 0. The molecule has 0 radical (unpaired) electrons. The molecule has 0 bridgehead atoms. The summed E-state index contributed by atoms with van der Waals surface area (Å²) in [6.45, 7) is 0. The topological polar surface area (TPSA) is 56.6 Å². The molecule has 1 aliphatic carbocycles. The first-order valence-corrected chi connectivity index (χ1v) is 10.7. The Morgan fingerprint density at radius 2 is 1.74 bits per heavy atom. The highest BCUT2D eigenvalue weighted by atomic mass is 16.5. The van der Waals surface area contributed by atoms with Crippen molar-refractivity contribution in [2.75, 3.05) is 21.3 Å². The second-order valence-electron chi connectivity index (χ2n) is 7.98. The molecule has 0 atom stereocenters. The van der Waals surface area contributed by atoms with Crippen molar-refractivity contribution >= 4 is 5.91 Å². The Bertz CT molecular complexity index is 1050. The van der Waals surface area contributed by atoms with E-state index in [0.29, 0.717) is 23.2 Å². The van der Waals surface area contributed by atoms with Crippen LogP contribution >= 0.6 is 0 Å². The van der Waals surface area contributed by atoms with Crippen LogP contribution in [0.15, 0.2) is 55.0 Å². The molecule has 31 heavy (non-hydrogen) atoms. The fraction of sp³-hybridized carbons (Fsp3) is 0.360. The Hall–Kier alpha value is -3.28. The first-order chi connectivity index (χ1) is 15.1. The van der Waals surface area contributed by atoms with Crippen LogP contribution in [0.4, 0.5) is 0 Å². The number of nitrogens with zero attached hydrogens (tertiary/aromatic N) is 3. The fourth-order valence-corrected chi connectivity index (χ4v) is 4.32. The highest BCUT2D eigenvalue weighted by Gasteiger charge is 2.25. The van der Waals surface area contributed by atoms with Gasteiger partial charge in [0.15, 0.2) is 11.5 Å². The maximum atomic E-state index is 13.2. The minimum atomic E-state index is 0.0147. The first kappa shape index (κ1) is 21.0. The molecule has 2 aromatic carbocycles. The molecular formula is C25H29N3O3. The van der Waals surface area contributed by atoms with E-state index in [9.17, 15) is 4.79 Å². The van der Waals surface area contributed by atoms with Crippen LogP contribution in [0.2, 0.25) is 0 Å².